The van der Waals surface area contributed by atoms with Crippen molar-refractivity contribution in [2.24, 2.45) is 0 Å². The van der Waals surface area contributed by atoms with E-state index in [1.165, 1.54) is 0 Å². The predicted octanol–water partition coefficient (Wildman–Crippen LogP) is 4.05. The van der Waals surface area contributed by atoms with Crippen LogP contribution in [0.3, 0.4) is 0 Å². The van der Waals surface area contributed by atoms with Gasteiger partial charge in [0.2, 0.25) is 5.91 Å². The van der Waals surface area contributed by atoms with E-state index in [1.807, 2.05) is 66.7 Å². The molecule has 1 amide bonds. The van der Waals surface area contributed by atoms with Crippen LogP contribution in [0.2, 0.25) is 0 Å². The Labute approximate surface area is 190 Å². The van der Waals surface area contributed by atoms with Gasteiger partial charge in [0.05, 0.1) is 7.11 Å². The van der Waals surface area contributed by atoms with E-state index in [4.69, 9.17) is 17.0 Å². The number of ether oxygens (including phenoxy) is 1. The molecule has 0 saturated carbocycles. The van der Waals surface area contributed by atoms with Crippen LogP contribution in [0.1, 0.15) is 11.3 Å². The molecule has 0 aliphatic carbocycles. The highest BCUT2D eigenvalue weighted by molar-refractivity contribution is 7.71. The highest BCUT2D eigenvalue weighted by Gasteiger charge is 2.13. The molecule has 0 aliphatic rings. The molecule has 0 aliphatic heterocycles. The highest BCUT2D eigenvalue weighted by Crippen LogP contribution is 2.21. The van der Waals surface area contributed by atoms with Gasteiger partial charge < -0.3 is 10.1 Å². The van der Waals surface area contributed by atoms with Gasteiger partial charge in [-0.15, -0.1) is 0 Å². The standard InChI is InChI=1S/C24H19N5O2S/c1-31-21-12-9-18(10-13-21)23-27-28-24(32)29(23)16-22(30)26-20-7-4-5-17(15-20)8-11-19-6-2-3-14-25-19/h2-7,9-10,12-15H,16H2,1H3,(H,26,30)(H,28,32). The van der Waals surface area contributed by atoms with Gasteiger partial charge in [-0.05, 0) is 72.7 Å². The lowest BCUT2D eigenvalue weighted by Crippen LogP contribution is -2.19. The second kappa shape index (κ2) is 9.73. The number of rotatable bonds is 5. The fraction of sp³-hybridized carbons (Fsp3) is 0.0833. The Kier molecular flexibility index (Phi) is 6.39. The van der Waals surface area contributed by atoms with Gasteiger partial charge in [-0.2, -0.15) is 5.10 Å². The average Bonchev–Trinajstić information content (AvgIpc) is 3.18. The Morgan fingerprint density at radius 3 is 2.72 bits per heavy atom. The molecular weight excluding hydrogens is 422 g/mol. The molecule has 0 saturated heterocycles. The van der Waals surface area contributed by atoms with Crippen LogP contribution in [0.5, 0.6) is 5.75 Å². The van der Waals surface area contributed by atoms with Crippen molar-refractivity contribution in [1.82, 2.24) is 19.7 Å². The van der Waals surface area contributed by atoms with Gasteiger partial charge >= 0.3 is 0 Å². The first-order valence-electron chi connectivity index (χ1n) is 9.75. The number of hydrogen-bond donors (Lipinski definition) is 2. The van der Waals surface area contributed by atoms with Crippen LogP contribution in [0, 0.1) is 16.6 Å². The summed E-state index contributed by atoms with van der Waals surface area (Å²) in [5, 5.41) is 9.92. The molecular formula is C24H19N5O2S. The molecule has 0 radical (unpaired) electrons. The first-order valence-corrected chi connectivity index (χ1v) is 10.2. The lowest BCUT2D eigenvalue weighted by atomic mass is 10.2. The third-order valence-corrected chi connectivity index (χ3v) is 4.87. The van der Waals surface area contributed by atoms with Crippen LogP contribution in [0.25, 0.3) is 11.4 Å². The largest absolute Gasteiger partial charge is 0.497 e. The summed E-state index contributed by atoms with van der Waals surface area (Å²) < 4.78 is 7.20. The zero-order valence-corrected chi connectivity index (χ0v) is 18.0. The lowest BCUT2D eigenvalue weighted by molar-refractivity contribution is -0.116. The summed E-state index contributed by atoms with van der Waals surface area (Å²) in [6.45, 7) is 0.0144. The molecule has 158 valence electrons. The third-order valence-electron chi connectivity index (χ3n) is 4.55. The topological polar surface area (TPSA) is 84.8 Å². The zero-order valence-electron chi connectivity index (χ0n) is 17.2. The molecule has 8 heteroatoms. The van der Waals surface area contributed by atoms with Gasteiger partial charge in [-0.1, -0.05) is 18.1 Å². The molecule has 7 nitrogen and oxygen atoms in total. The van der Waals surface area contributed by atoms with Crippen LogP contribution < -0.4 is 10.1 Å². The minimum absolute atomic E-state index is 0.0144. The van der Waals surface area contributed by atoms with Crippen LogP contribution in [0.4, 0.5) is 5.69 Å². The third kappa shape index (κ3) is 5.09. The number of carbonyl (C=O) groups is 1. The van der Waals surface area contributed by atoms with Crippen LogP contribution >= 0.6 is 12.2 Å². The van der Waals surface area contributed by atoms with Crippen molar-refractivity contribution in [2.75, 3.05) is 12.4 Å². The normalized spacial score (nSPS) is 10.2. The first kappa shape index (κ1) is 21.0. The van der Waals surface area contributed by atoms with Gasteiger partial charge in [-0.25, -0.2) is 4.98 Å². The second-order valence-electron chi connectivity index (χ2n) is 6.76. The van der Waals surface area contributed by atoms with Crippen molar-refractivity contribution in [3.63, 3.8) is 0 Å². The maximum atomic E-state index is 12.7. The summed E-state index contributed by atoms with van der Waals surface area (Å²) >= 11 is 5.32. The molecule has 0 fully saturated rings. The molecule has 0 spiro atoms. The van der Waals surface area contributed by atoms with E-state index in [9.17, 15) is 4.79 Å². The first-order chi connectivity index (χ1) is 15.6. The number of anilines is 1. The van der Waals surface area contributed by atoms with E-state index < -0.39 is 0 Å². The van der Waals surface area contributed by atoms with Crippen molar-refractivity contribution in [3.05, 3.63) is 89.0 Å². The van der Waals surface area contributed by atoms with Crippen molar-refractivity contribution in [2.45, 2.75) is 6.54 Å². The quantitative estimate of drug-likeness (QED) is 0.361. The maximum absolute atomic E-state index is 12.7. The van der Waals surface area contributed by atoms with Crippen LogP contribution in [-0.4, -0.2) is 32.8 Å². The monoisotopic (exact) mass is 441 g/mol. The molecule has 2 N–H and O–H groups in total. The van der Waals surface area contributed by atoms with E-state index in [-0.39, 0.29) is 12.5 Å². The summed E-state index contributed by atoms with van der Waals surface area (Å²) in [6, 6.07) is 20.3. The molecule has 2 heterocycles. The summed E-state index contributed by atoms with van der Waals surface area (Å²) in [5.74, 6) is 7.14. The number of methoxy groups -OCH3 is 1. The minimum atomic E-state index is -0.230. The lowest BCUT2D eigenvalue weighted by Gasteiger charge is -2.09. The maximum Gasteiger partial charge on any atom is 0.244 e. The van der Waals surface area contributed by atoms with Crippen LogP contribution in [-0.2, 0) is 11.3 Å². The van der Waals surface area contributed by atoms with Crippen molar-refractivity contribution in [3.8, 4) is 29.0 Å². The van der Waals surface area contributed by atoms with Crippen molar-refractivity contribution in [1.29, 1.82) is 0 Å². The van der Waals surface area contributed by atoms with E-state index in [2.05, 4.69) is 32.3 Å². The Morgan fingerprint density at radius 2 is 1.97 bits per heavy atom. The highest BCUT2D eigenvalue weighted by atomic mass is 32.1. The Morgan fingerprint density at radius 1 is 1.12 bits per heavy atom. The number of nitrogens with zero attached hydrogens (tertiary/aromatic N) is 3. The number of pyridine rings is 1. The molecule has 0 unspecified atom stereocenters. The van der Waals surface area contributed by atoms with Gasteiger partial charge in [-0.3, -0.25) is 14.5 Å². The molecule has 4 aromatic rings. The van der Waals surface area contributed by atoms with Crippen LogP contribution in [0.15, 0.2) is 72.9 Å². The predicted molar refractivity (Wildman–Crippen MR) is 125 cm³/mol. The smallest absolute Gasteiger partial charge is 0.244 e. The SMILES string of the molecule is COc1ccc(-c2n[nH]c(=S)n2CC(=O)Nc2cccc(C#Cc3ccccn3)c2)cc1. The Hall–Kier alpha value is -4.22. The second-order valence-corrected chi connectivity index (χ2v) is 7.15. The van der Waals surface area contributed by atoms with Gasteiger partial charge in [0.15, 0.2) is 10.6 Å². The number of carbonyl (C=O) groups excluding carboxylic acids is 1. The Bertz CT molecular complexity index is 1350. The average molecular weight is 442 g/mol. The summed E-state index contributed by atoms with van der Waals surface area (Å²) in [7, 11) is 1.61. The number of nitrogens with one attached hydrogen (secondary N) is 2. The van der Waals surface area contributed by atoms with Crippen molar-refractivity contribution < 1.29 is 9.53 Å². The van der Waals surface area contributed by atoms with E-state index >= 15 is 0 Å². The fourth-order valence-electron chi connectivity index (χ4n) is 3.02. The van der Waals surface area contributed by atoms with Crippen molar-refractivity contribution >= 4 is 23.8 Å². The molecule has 2 aromatic heterocycles. The number of H-pyrrole nitrogens is 1. The number of amides is 1. The van der Waals surface area contributed by atoms with Gasteiger partial charge in [0.25, 0.3) is 0 Å². The molecule has 0 atom stereocenters. The number of benzene rings is 2. The summed E-state index contributed by atoms with van der Waals surface area (Å²) in [5.41, 5.74) is 2.91. The van der Waals surface area contributed by atoms with Gasteiger partial charge in [0, 0.05) is 23.0 Å². The molecule has 4 rings (SSSR count). The summed E-state index contributed by atoms with van der Waals surface area (Å²) in [4.78, 5) is 16.9. The molecule has 2 aromatic carbocycles. The molecule has 0 bridgehead atoms. The van der Waals surface area contributed by atoms with E-state index in [0.29, 0.717) is 22.0 Å². The van der Waals surface area contributed by atoms with E-state index in [1.54, 1.807) is 17.9 Å². The number of hydrogen-bond acceptors (Lipinski definition) is 5. The van der Waals surface area contributed by atoms with E-state index in [0.717, 1.165) is 16.9 Å². The van der Waals surface area contributed by atoms with Gasteiger partial charge in [0.1, 0.15) is 18.0 Å². The minimum Gasteiger partial charge on any atom is -0.497 e. The zero-order chi connectivity index (χ0) is 22.3. The molecule has 32 heavy (non-hydrogen) atoms. The summed E-state index contributed by atoms with van der Waals surface area (Å²) in [6.07, 6.45) is 1.70. The number of aromatic nitrogens is 4. The fourth-order valence-corrected chi connectivity index (χ4v) is 3.21. The number of aromatic amines is 1. The Balaban J connectivity index is 1.48.